The summed E-state index contributed by atoms with van der Waals surface area (Å²) in [5.74, 6) is -0.0993. The smallest absolute Gasteiger partial charge is 0.232 e. The molecule has 1 saturated heterocycles. The van der Waals surface area contributed by atoms with Gasteiger partial charge < -0.3 is 15.8 Å². The molecule has 0 unspecified atom stereocenters. The maximum absolute atomic E-state index is 12.0. The summed E-state index contributed by atoms with van der Waals surface area (Å²) in [4.78, 5) is 12.2. The van der Waals surface area contributed by atoms with E-state index in [9.17, 15) is 4.79 Å². The van der Waals surface area contributed by atoms with Gasteiger partial charge in [0.2, 0.25) is 5.91 Å². The van der Waals surface area contributed by atoms with Crippen LogP contribution in [0.4, 0.5) is 0 Å². The number of carbonyl (C=O) groups excluding carboxylic acids is 1. The van der Waals surface area contributed by atoms with Crippen LogP contribution in [0.25, 0.3) is 0 Å². The van der Waals surface area contributed by atoms with Crippen LogP contribution in [0.5, 0.6) is 0 Å². The van der Waals surface area contributed by atoms with E-state index < -0.39 is 5.41 Å². The molecule has 0 aliphatic carbocycles. The first kappa shape index (κ1) is 14.4. The predicted octanol–water partition coefficient (Wildman–Crippen LogP) is 1.23. The van der Waals surface area contributed by atoms with Gasteiger partial charge in [0.05, 0.1) is 10.4 Å². The molecule has 17 heavy (non-hydrogen) atoms. The van der Waals surface area contributed by atoms with Crippen LogP contribution in [0.2, 0.25) is 0 Å². The summed E-state index contributed by atoms with van der Waals surface area (Å²) in [6.45, 7) is 7.86. The van der Waals surface area contributed by atoms with E-state index in [1.807, 2.05) is 0 Å². The molecule has 0 spiro atoms. The minimum absolute atomic E-state index is 0.0993. The summed E-state index contributed by atoms with van der Waals surface area (Å²) in [7, 11) is 0. The van der Waals surface area contributed by atoms with Crippen LogP contribution in [-0.2, 0) is 9.53 Å². The Hall–Kier alpha value is -0.680. The largest absolute Gasteiger partial charge is 0.392 e. The first-order chi connectivity index (χ1) is 7.78. The summed E-state index contributed by atoms with van der Waals surface area (Å²) < 4.78 is 5.32. The highest BCUT2D eigenvalue weighted by molar-refractivity contribution is 7.80. The Morgan fingerprint density at radius 2 is 2.00 bits per heavy atom. The molecular weight excluding hydrogens is 236 g/mol. The van der Waals surface area contributed by atoms with Crippen LogP contribution >= 0.6 is 12.2 Å². The predicted molar refractivity (Wildman–Crippen MR) is 71.7 cm³/mol. The van der Waals surface area contributed by atoms with E-state index in [2.05, 4.69) is 12.2 Å². The van der Waals surface area contributed by atoms with Crippen LogP contribution in [0, 0.1) is 10.8 Å². The third-order valence-corrected chi connectivity index (χ3v) is 4.07. The molecule has 1 rings (SSSR count). The van der Waals surface area contributed by atoms with Crippen molar-refractivity contribution in [2.24, 2.45) is 16.6 Å². The summed E-state index contributed by atoms with van der Waals surface area (Å²) in [5.41, 5.74) is 4.91. The molecule has 1 heterocycles. The van der Waals surface area contributed by atoms with E-state index in [0.717, 1.165) is 26.1 Å². The molecule has 1 aliphatic heterocycles. The SMILES string of the molecule is CC1(CNC(=O)C(C)(C)C(N)=S)CCOCC1. The second kappa shape index (κ2) is 5.31. The van der Waals surface area contributed by atoms with Crippen molar-refractivity contribution in [3.8, 4) is 0 Å². The quantitative estimate of drug-likeness (QED) is 0.745. The summed E-state index contributed by atoms with van der Waals surface area (Å²) in [5, 5.41) is 2.95. The molecule has 0 aromatic carbocycles. The van der Waals surface area contributed by atoms with Gasteiger partial charge in [0, 0.05) is 19.8 Å². The van der Waals surface area contributed by atoms with Crippen molar-refractivity contribution in [2.75, 3.05) is 19.8 Å². The monoisotopic (exact) mass is 258 g/mol. The second-order valence-corrected chi connectivity index (χ2v) is 6.03. The van der Waals surface area contributed by atoms with E-state index in [0.29, 0.717) is 6.54 Å². The van der Waals surface area contributed by atoms with Crippen LogP contribution in [0.15, 0.2) is 0 Å². The van der Waals surface area contributed by atoms with Gasteiger partial charge in [-0.2, -0.15) is 0 Å². The molecule has 4 nitrogen and oxygen atoms in total. The van der Waals surface area contributed by atoms with Crippen molar-refractivity contribution < 1.29 is 9.53 Å². The molecule has 1 aliphatic rings. The number of thiocarbonyl (C=S) groups is 1. The zero-order valence-electron chi connectivity index (χ0n) is 10.8. The van der Waals surface area contributed by atoms with Gasteiger partial charge in [-0.1, -0.05) is 19.1 Å². The van der Waals surface area contributed by atoms with Gasteiger partial charge in [-0.3, -0.25) is 4.79 Å². The molecule has 0 atom stereocenters. The Morgan fingerprint density at radius 3 is 2.47 bits per heavy atom. The molecule has 5 heteroatoms. The number of rotatable bonds is 4. The van der Waals surface area contributed by atoms with Gasteiger partial charge in [-0.25, -0.2) is 0 Å². The lowest BCUT2D eigenvalue weighted by Gasteiger charge is -2.34. The van der Waals surface area contributed by atoms with Crippen molar-refractivity contribution in [1.29, 1.82) is 0 Å². The molecule has 0 saturated carbocycles. The molecule has 0 aromatic heterocycles. The minimum Gasteiger partial charge on any atom is -0.392 e. The van der Waals surface area contributed by atoms with Crippen molar-refractivity contribution in [1.82, 2.24) is 5.32 Å². The normalized spacial score (nSPS) is 19.7. The zero-order chi connectivity index (χ0) is 13.1. The van der Waals surface area contributed by atoms with Crippen molar-refractivity contribution in [3.05, 3.63) is 0 Å². The van der Waals surface area contributed by atoms with E-state index in [1.54, 1.807) is 13.8 Å². The topological polar surface area (TPSA) is 64.4 Å². The summed E-state index contributed by atoms with van der Waals surface area (Å²) in [6.07, 6.45) is 1.95. The van der Waals surface area contributed by atoms with Crippen molar-refractivity contribution in [3.63, 3.8) is 0 Å². The van der Waals surface area contributed by atoms with E-state index in [1.165, 1.54) is 0 Å². The summed E-state index contributed by atoms with van der Waals surface area (Å²) >= 11 is 4.90. The molecule has 98 valence electrons. The first-order valence-corrected chi connectivity index (χ1v) is 6.35. The molecule has 0 aromatic rings. The molecule has 1 amide bonds. The van der Waals surface area contributed by atoms with Crippen LogP contribution in [-0.4, -0.2) is 30.7 Å². The van der Waals surface area contributed by atoms with Crippen LogP contribution < -0.4 is 11.1 Å². The Morgan fingerprint density at radius 1 is 1.47 bits per heavy atom. The third-order valence-electron chi connectivity index (χ3n) is 3.56. The number of nitrogens with one attached hydrogen (secondary N) is 1. The van der Waals surface area contributed by atoms with E-state index in [4.69, 9.17) is 22.7 Å². The molecule has 3 N–H and O–H groups in total. The molecule has 0 radical (unpaired) electrons. The third kappa shape index (κ3) is 3.64. The van der Waals surface area contributed by atoms with E-state index in [-0.39, 0.29) is 16.3 Å². The molecule has 0 bridgehead atoms. The average Bonchev–Trinajstić information content (AvgIpc) is 2.26. The second-order valence-electron chi connectivity index (χ2n) is 5.59. The Balaban J connectivity index is 2.50. The van der Waals surface area contributed by atoms with Gasteiger partial charge in [0.1, 0.15) is 0 Å². The number of carbonyl (C=O) groups is 1. The van der Waals surface area contributed by atoms with Crippen LogP contribution in [0.3, 0.4) is 0 Å². The standard InChI is InChI=1S/C12H22N2O2S/c1-11(2,9(13)17)10(15)14-8-12(3)4-6-16-7-5-12/h4-8H2,1-3H3,(H2,13,17)(H,14,15). The lowest BCUT2D eigenvalue weighted by Crippen LogP contribution is -2.48. The fourth-order valence-electron chi connectivity index (χ4n) is 1.67. The van der Waals surface area contributed by atoms with Gasteiger partial charge in [0.25, 0.3) is 0 Å². The first-order valence-electron chi connectivity index (χ1n) is 5.94. The maximum atomic E-state index is 12.0. The average molecular weight is 258 g/mol. The van der Waals surface area contributed by atoms with Crippen LogP contribution in [0.1, 0.15) is 33.6 Å². The molecular formula is C12H22N2O2S. The fourth-order valence-corrected chi connectivity index (χ4v) is 1.76. The Kier molecular flexibility index (Phi) is 4.49. The van der Waals surface area contributed by atoms with Gasteiger partial charge in [-0.05, 0) is 32.1 Å². The highest BCUT2D eigenvalue weighted by Gasteiger charge is 2.33. The number of ether oxygens (including phenoxy) is 1. The Bertz CT molecular complexity index is 310. The minimum atomic E-state index is -0.781. The number of nitrogens with two attached hydrogens (primary N) is 1. The van der Waals surface area contributed by atoms with E-state index >= 15 is 0 Å². The molecule has 1 fully saturated rings. The zero-order valence-corrected chi connectivity index (χ0v) is 11.7. The van der Waals surface area contributed by atoms with Gasteiger partial charge >= 0.3 is 0 Å². The van der Waals surface area contributed by atoms with Crippen molar-refractivity contribution in [2.45, 2.75) is 33.6 Å². The lowest BCUT2D eigenvalue weighted by atomic mass is 9.82. The highest BCUT2D eigenvalue weighted by atomic mass is 32.1. The lowest BCUT2D eigenvalue weighted by molar-refractivity contribution is -0.127. The number of amides is 1. The Labute approximate surface area is 108 Å². The van der Waals surface area contributed by atoms with Gasteiger partial charge in [0.15, 0.2) is 0 Å². The number of hydrogen-bond donors (Lipinski definition) is 2. The summed E-state index contributed by atoms with van der Waals surface area (Å²) in [6, 6.07) is 0. The van der Waals surface area contributed by atoms with Crippen molar-refractivity contribution >= 4 is 23.1 Å². The fraction of sp³-hybridized carbons (Fsp3) is 0.833. The number of hydrogen-bond acceptors (Lipinski definition) is 3. The maximum Gasteiger partial charge on any atom is 0.232 e. The van der Waals surface area contributed by atoms with Gasteiger partial charge in [-0.15, -0.1) is 0 Å². The highest BCUT2D eigenvalue weighted by Crippen LogP contribution is 2.29.